The Balaban J connectivity index is 1.85. The molecule has 4 heteroatoms. The Kier molecular flexibility index (Phi) is 4.19. The first kappa shape index (κ1) is 14.4. The van der Waals surface area contributed by atoms with E-state index in [4.69, 9.17) is 5.73 Å². The second-order valence-corrected chi connectivity index (χ2v) is 6.11. The zero-order valence-electron chi connectivity index (χ0n) is 12.9. The molecule has 0 spiro atoms. The van der Waals surface area contributed by atoms with E-state index in [9.17, 15) is 0 Å². The fourth-order valence-corrected chi connectivity index (χ4v) is 3.27. The summed E-state index contributed by atoms with van der Waals surface area (Å²) in [6, 6.07) is 11.6. The molecule has 3 rings (SSSR count). The molecule has 2 N–H and O–H groups in total. The van der Waals surface area contributed by atoms with Gasteiger partial charge in [-0.05, 0) is 44.3 Å². The number of nitrogens with zero attached hydrogens (tertiary/aromatic N) is 3. The molecule has 1 aromatic heterocycles. The second-order valence-electron chi connectivity index (χ2n) is 6.11. The molecule has 1 fully saturated rings. The maximum Gasteiger partial charge on any atom is 0.0702 e. The summed E-state index contributed by atoms with van der Waals surface area (Å²) in [5, 5.41) is 1.19. The summed E-state index contributed by atoms with van der Waals surface area (Å²) in [7, 11) is 4.32. The van der Waals surface area contributed by atoms with Crippen molar-refractivity contribution < 1.29 is 0 Å². The molecule has 4 nitrogen and oxygen atoms in total. The number of aromatic nitrogens is 1. The molecule has 2 unspecified atom stereocenters. The number of hydrogen-bond donors (Lipinski definition) is 1. The zero-order chi connectivity index (χ0) is 14.8. The number of likely N-dealkylation sites (N-methyl/N-ethyl adjacent to an activating group) is 1. The Morgan fingerprint density at radius 2 is 2.24 bits per heavy atom. The van der Waals surface area contributed by atoms with Gasteiger partial charge >= 0.3 is 0 Å². The first-order valence-corrected chi connectivity index (χ1v) is 7.64. The van der Waals surface area contributed by atoms with Crippen LogP contribution in [-0.2, 0) is 0 Å². The van der Waals surface area contributed by atoms with Gasteiger partial charge in [0, 0.05) is 43.3 Å². The smallest absolute Gasteiger partial charge is 0.0702 e. The summed E-state index contributed by atoms with van der Waals surface area (Å²) in [5.74, 6) is 0. The molecule has 1 aliphatic heterocycles. The largest absolute Gasteiger partial charge is 0.329 e. The van der Waals surface area contributed by atoms with Crippen LogP contribution in [-0.4, -0.2) is 54.6 Å². The Morgan fingerprint density at radius 3 is 2.95 bits per heavy atom. The number of hydrogen-bond acceptors (Lipinski definition) is 4. The van der Waals surface area contributed by atoms with Crippen LogP contribution in [0.2, 0.25) is 0 Å². The molecule has 0 amide bonds. The highest BCUT2D eigenvalue weighted by Gasteiger charge is 2.29. The second kappa shape index (κ2) is 6.10. The number of rotatable bonds is 4. The molecule has 0 radical (unpaired) electrons. The van der Waals surface area contributed by atoms with Crippen LogP contribution in [0.5, 0.6) is 0 Å². The molecule has 1 aliphatic rings. The lowest BCUT2D eigenvalue weighted by Crippen LogP contribution is -2.36. The summed E-state index contributed by atoms with van der Waals surface area (Å²) in [5.41, 5.74) is 8.43. The van der Waals surface area contributed by atoms with Crippen molar-refractivity contribution in [1.82, 2.24) is 14.8 Å². The van der Waals surface area contributed by atoms with Crippen LogP contribution in [0.25, 0.3) is 10.9 Å². The maximum atomic E-state index is 6.08. The van der Waals surface area contributed by atoms with Gasteiger partial charge < -0.3 is 10.6 Å². The minimum absolute atomic E-state index is 0.305. The number of fused-ring (bicyclic) bond motifs is 1. The van der Waals surface area contributed by atoms with E-state index in [1.807, 2.05) is 12.3 Å². The van der Waals surface area contributed by atoms with Crippen LogP contribution in [0.1, 0.15) is 18.0 Å². The molecule has 112 valence electrons. The average molecular weight is 284 g/mol. The van der Waals surface area contributed by atoms with E-state index >= 15 is 0 Å². The van der Waals surface area contributed by atoms with Crippen molar-refractivity contribution >= 4 is 10.9 Å². The monoisotopic (exact) mass is 284 g/mol. The van der Waals surface area contributed by atoms with Gasteiger partial charge in [0.25, 0.3) is 0 Å². The molecule has 0 aliphatic carbocycles. The van der Waals surface area contributed by atoms with Crippen LogP contribution in [0.3, 0.4) is 0 Å². The van der Waals surface area contributed by atoms with E-state index in [0.29, 0.717) is 18.6 Å². The Bertz CT molecular complexity index is 611. The summed E-state index contributed by atoms with van der Waals surface area (Å²) in [6.07, 6.45) is 3.06. The van der Waals surface area contributed by atoms with Gasteiger partial charge in [0.15, 0.2) is 0 Å². The molecule has 2 aromatic rings. The third kappa shape index (κ3) is 2.93. The lowest BCUT2D eigenvalue weighted by molar-refractivity contribution is 0.220. The van der Waals surface area contributed by atoms with Crippen molar-refractivity contribution in [2.24, 2.45) is 5.73 Å². The third-order valence-corrected chi connectivity index (χ3v) is 4.60. The van der Waals surface area contributed by atoms with Gasteiger partial charge in [-0.25, -0.2) is 0 Å². The van der Waals surface area contributed by atoms with Crippen molar-refractivity contribution in [3.8, 4) is 0 Å². The normalized spacial score (nSPS) is 21.2. The van der Waals surface area contributed by atoms with E-state index in [-0.39, 0.29) is 0 Å². The summed E-state index contributed by atoms with van der Waals surface area (Å²) in [6.45, 7) is 2.88. The zero-order valence-corrected chi connectivity index (χ0v) is 12.9. The van der Waals surface area contributed by atoms with Crippen LogP contribution in [0.4, 0.5) is 0 Å². The van der Waals surface area contributed by atoms with Crippen LogP contribution >= 0.6 is 0 Å². The lowest BCUT2D eigenvalue weighted by atomic mass is 10.0. The average Bonchev–Trinajstić information content (AvgIpc) is 2.98. The molecular formula is C17H24N4. The van der Waals surface area contributed by atoms with Crippen molar-refractivity contribution in [3.05, 3.63) is 42.1 Å². The highest BCUT2D eigenvalue weighted by atomic mass is 15.2. The molecule has 1 aromatic carbocycles. The molecule has 2 atom stereocenters. The van der Waals surface area contributed by atoms with E-state index in [0.717, 1.165) is 18.6 Å². The summed E-state index contributed by atoms with van der Waals surface area (Å²) < 4.78 is 0. The van der Waals surface area contributed by atoms with Crippen molar-refractivity contribution in [3.63, 3.8) is 0 Å². The first-order chi connectivity index (χ1) is 10.2. The number of pyridine rings is 1. The van der Waals surface area contributed by atoms with Gasteiger partial charge in [0.05, 0.1) is 5.52 Å². The summed E-state index contributed by atoms with van der Waals surface area (Å²) >= 11 is 0. The molecule has 1 saturated heterocycles. The van der Waals surface area contributed by atoms with Gasteiger partial charge in [-0.1, -0.05) is 12.1 Å². The SMILES string of the molecule is CN(C)C1CCN(C(CN)c2ccc3ncccc3c2)C1. The molecule has 21 heavy (non-hydrogen) atoms. The van der Waals surface area contributed by atoms with Gasteiger partial charge in [-0.2, -0.15) is 0 Å². The Morgan fingerprint density at radius 1 is 1.38 bits per heavy atom. The Labute approximate surface area is 126 Å². The molecule has 0 saturated carbocycles. The van der Waals surface area contributed by atoms with Gasteiger partial charge in [0.1, 0.15) is 0 Å². The van der Waals surface area contributed by atoms with Crippen molar-refractivity contribution in [2.75, 3.05) is 33.7 Å². The minimum atomic E-state index is 0.305. The van der Waals surface area contributed by atoms with Crippen molar-refractivity contribution in [2.45, 2.75) is 18.5 Å². The highest BCUT2D eigenvalue weighted by Crippen LogP contribution is 2.27. The van der Waals surface area contributed by atoms with Crippen LogP contribution in [0, 0.1) is 0 Å². The number of nitrogens with two attached hydrogens (primary N) is 1. The Hall–Kier alpha value is -1.49. The van der Waals surface area contributed by atoms with Gasteiger partial charge in [0.2, 0.25) is 0 Å². The fraction of sp³-hybridized carbons (Fsp3) is 0.471. The molecular weight excluding hydrogens is 260 g/mol. The molecule has 2 heterocycles. The van der Waals surface area contributed by atoms with E-state index in [1.54, 1.807) is 0 Å². The quantitative estimate of drug-likeness (QED) is 0.931. The van der Waals surface area contributed by atoms with Gasteiger partial charge in [-0.3, -0.25) is 9.88 Å². The topological polar surface area (TPSA) is 45.4 Å². The van der Waals surface area contributed by atoms with Crippen LogP contribution < -0.4 is 5.73 Å². The van der Waals surface area contributed by atoms with E-state index < -0.39 is 0 Å². The highest BCUT2D eigenvalue weighted by molar-refractivity contribution is 5.79. The van der Waals surface area contributed by atoms with E-state index in [1.165, 1.54) is 17.4 Å². The standard InChI is InChI=1S/C17H24N4/c1-20(2)15-7-9-21(12-15)17(11-18)14-5-6-16-13(10-14)4-3-8-19-16/h3-6,8,10,15,17H,7,9,11-12,18H2,1-2H3. The minimum Gasteiger partial charge on any atom is -0.329 e. The lowest BCUT2D eigenvalue weighted by Gasteiger charge is -2.28. The maximum absolute atomic E-state index is 6.08. The fourth-order valence-electron chi connectivity index (χ4n) is 3.27. The first-order valence-electron chi connectivity index (χ1n) is 7.64. The third-order valence-electron chi connectivity index (χ3n) is 4.60. The number of benzene rings is 1. The predicted molar refractivity (Wildman–Crippen MR) is 87.2 cm³/mol. The van der Waals surface area contributed by atoms with E-state index in [2.05, 4.69) is 53.1 Å². The predicted octanol–water partition coefficient (Wildman–Crippen LogP) is 1.87. The number of likely N-dealkylation sites (tertiary alicyclic amines) is 1. The van der Waals surface area contributed by atoms with Crippen molar-refractivity contribution in [1.29, 1.82) is 0 Å². The summed E-state index contributed by atoms with van der Waals surface area (Å²) in [4.78, 5) is 9.22. The van der Waals surface area contributed by atoms with Crippen LogP contribution in [0.15, 0.2) is 36.5 Å². The molecule has 0 bridgehead atoms. The van der Waals surface area contributed by atoms with Gasteiger partial charge in [-0.15, -0.1) is 0 Å².